The third-order valence-corrected chi connectivity index (χ3v) is 3.94. The molecule has 0 aromatic heterocycles. The van der Waals surface area contributed by atoms with Crippen molar-refractivity contribution in [3.8, 4) is 0 Å². The van der Waals surface area contributed by atoms with Crippen LogP contribution in [0, 0.1) is 5.92 Å². The van der Waals surface area contributed by atoms with Gasteiger partial charge >= 0.3 is 0 Å². The second kappa shape index (κ2) is 5.11. The number of nitrogens with two attached hydrogens (primary N) is 1. The van der Waals surface area contributed by atoms with Crippen molar-refractivity contribution in [1.82, 2.24) is 5.32 Å². The Labute approximate surface area is 114 Å². The summed E-state index contributed by atoms with van der Waals surface area (Å²) in [6, 6.07) is 5.99. The summed E-state index contributed by atoms with van der Waals surface area (Å²) in [7, 11) is 0. The van der Waals surface area contributed by atoms with Crippen molar-refractivity contribution in [1.29, 1.82) is 0 Å². The van der Waals surface area contributed by atoms with Crippen LogP contribution in [-0.4, -0.2) is 25.5 Å². The van der Waals surface area contributed by atoms with Gasteiger partial charge in [-0.1, -0.05) is 0 Å². The molecule has 102 valence electrons. The molecule has 1 aliphatic heterocycles. The lowest BCUT2D eigenvalue weighted by Crippen LogP contribution is -2.40. The second-order valence-corrected chi connectivity index (χ2v) is 5.66. The molecular formula is C15H21N3O. The molecule has 0 spiro atoms. The lowest BCUT2D eigenvalue weighted by Gasteiger charge is -2.31. The topological polar surface area (TPSA) is 58.4 Å². The van der Waals surface area contributed by atoms with Gasteiger partial charge in [-0.2, -0.15) is 0 Å². The first kappa shape index (κ1) is 12.3. The van der Waals surface area contributed by atoms with Gasteiger partial charge in [0.15, 0.2) is 0 Å². The van der Waals surface area contributed by atoms with Gasteiger partial charge in [-0.05, 0) is 55.4 Å². The number of rotatable bonds is 4. The fourth-order valence-corrected chi connectivity index (χ4v) is 2.67. The minimum absolute atomic E-state index is 0.136. The highest BCUT2D eigenvalue weighted by molar-refractivity contribution is 5.82. The smallest absolute Gasteiger partial charge is 0.239 e. The van der Waals surface area contributed by atoms with Crippen molar-refractivity contribution in [2.45, 2.75) is 25.7 Å². The molecule has 1 aromatic carbocycles. The van der Waals surface area contributed by atoms with Gasteiger partial charge in [0.05, 0.1) is 6.54 Å². The molecule has 0 saturated heterocycles. The van der Waals surface area contributed by atoms with E-state index in [1.165, 1.54) is 24.1 Å². The molecular weight excluding hydrogens is 238 g/mol. The van der Waals surface area contributed by atoms with E-state index in [-0.39, 0.29) is 5.91 Å². The van der Waals surface area contributed by atoms with Gasteiger partial charge < -0.3 is 16.0 Å². The number of carbonyl (C=O) groups is 1. The van der Waals surface area contributed by atoms with Crippen LogP contribution >= 0.6 is 0 Å². The normalized spacial score (nSPS) is 18.0. The van der Waals surface area contributed by atoms with Gasteiger partial charge in [0.1, 0.15) is 0 Å². The first-order valence-corrected chi connectivity index (χ1v) is 7.12. The fourth-order valence-electron chi connectivity index (χ4n) is 2.67. The van der Waals surface area contributed by atoms with Crippen LogP contribution in [0.2, 0.25) is 0 Å². The molecule has 0 bridgehead atoms. The zero-order valence-corrected chi connectivity index (χ0v) is 11.2. The van der Waals surface area contributed by atoms with Crippen molar-refractivity contribution in [2.24, 2.45) is 5.92 Å². The van der Waals surface area contributed by atoms with Crippen molar-refractivity contribution < 1.29 is 4.79 Å². The summed E-state index contributed by atoms with van der Waals surface area (Å²) < 4.78 is 0. The van der Waals surface area contributed by atoms with E-state index in [9.17, 15) is 4.79 Å². The van der Waals surface area contributed by atoms with Crippen LogP contribution < -0.4 is 16.0 Å². The lowest BCUT2D eigenvalue weighted by atomic mass is 10.0. The van der Waals surface area contributed by atoms with E-state index in [4.69, 9.17) is 5.73 Å². The monoisotopic (exact) mass is 259 g/mol. The standard InChI is InChI=1S/C15H21N3O/c16-13-5-6-14-12(8-13)2-1-7-18(14)10-15(19)17-9-11-3-4-11/h5-6,8,11H,1-4,7,9-10,16H2,(H,17,19). The van der Waals surface area contributed by atoms with E-state index in [1.54, 1.807) is 0 Å². The van der Waals surface area contributed by atoms with E-state index >= 15 is 0 Å². The van der Waals surface area contributed by atoms with Crippen LogP contribution in [0.5, 0.6) is 0 Å². The molecule has 0 unspecified atom stereocenters. The van der Waals surface area contributed by atoms with Gasteiger partial charge in [-0.25, -0.2) is 0 Å². The van der Waals surface area contributed by atoms with E-state index in [1.807, 2.05) is 18.2 Å². The summed E-state index contributed by atoms with van der Waals surface area (Å²) in [4.78, 5) is 14.1. The molecule has 0 atom stereocenters. The Morgan fingerprint density at radius 3 is 3.05 bits per heavy atom. The highest BCUT2D eigenvalue weighted by atomic mass is 16.2. The van der Waals surface area contributed by atoms with Crippen molar-refractivity contribution in [3.63, 3.8) is 0 Å². The van der Waals surface area contributed by atoms with Crippen LogP contribution in [0.1, 0.15) is 24.8 Å². The maximum Gasteiger partial charge on any atom is 0.239 e. The molecule has 1 aromatic rings. The number of anilines is 2. The van der Waals surface area contributed by atoms with E-state index in [2.05, 4.69) is 10.2 Å². The zero-order chi connectivity index (χ0) is 13.2. The molecule has 3 rings (SSSR count). The second-order valence-electron chi connectivity index (χ2n) is 5.66. The van der Waals surface area contributed by atoms with Gasteiger partial charge in [0.25, 0.3) is 0 Å². The van der Waals surface area contributed by atoms with Crippen molar-refractivity contribution in [3.05, 3.63) is 23.8 Å². The van der Waals surface area contributed by atoms with Crippen molar-refractivity contribution >= 4 is 17.3 Å². The zero-order valence-electron chi connectivity index (χ0n) is 11.2. The number of amides is 1. The summed E-state index contributed by atoms with van der Waals surface area (Å²) in [5, 5.41) is 3.03. The first-order valence-electron chi connectivity index (χ1n) is 7.12. The number of carbonyl (C=O) groups excluding carboxylic acids is 1. The number of fused-ring (bicyclic) bond motifs is 1. The maximum absolute atomic E-state index is 11.9. The predicted octanol–water partition coefficient (Wildman–Crippen LogP) is 1.55. The molecule has 1 heterocycles. The van der Waals surface area contributed by atoms with E-state index < -0.39 is 0 Å². The summed E-state index contributed by atoms with van der Waals surface area (Å²) in [6.07, 6.45) is 4.69. The fraction of sp³-hybridized carbons (Fsp3) is 0.533. The predicted molar refractivity (Wildman–Crippen MR) is 77.1 cm³/mol. The third kappa shape index (κ3) is 3.00. The molecule has 1 amide bonds. The Hall–Kier alpha value is -1.71. The van der Waals surface area contributed by atoms with Crippen molar-refractivity contribution in [2.75, 3.05) is 30.3 Å². The number of benzene rings is 1. The van der Waals surface area contributed by atoms with Crippen LogP contribution in [-0.2, 0) is 11.2 Å². The SMILES string of the molecule is Nc1ccc2c(c1)CCCN2CC(=O)NCC1CC1. The van der Waals surface area contributed by atoms with E-state index in [0.717, 1.165) is 37.5 Å². The summed E-state index contributed by atoms with van der Waals surface area (Å²) in [5.41, 5.74) is 9.06. The minimum Gasteiger partial charge on any atom is -0.399 e. The quantitative estimate of drug-likeness (QED) is 0.807. The minimum atomic E-state index is 0.136. The van der Waals surface area contributed by atoms with E-state index in [0.29, 0.717) is 6.54 Å². The van der Waals surface area contributed by atoms with Gasteiger partial charge in [0.2, 0.25) is 5.91 Å². The molecule has 3 N–H and O–H groups in total. The average molecular weight is 259 g/mol. The summed E-state index contributed by atoms with van der Waals surface area (Å²) in [6.45, 7) is 2.26. The van der Waals surface area contributed by atoms with Crippen LogP contribution in [0.4, 0.5) is 11.4 Å². The van der Waals surface area contributed by atoms with Crippen LogP contribution in [0.3, 0.4) is 0 Å². The Balaban J connectivity index is 1.63. The number of nitrogens with zero attached hydrogens (tertiary/aromatic N) is 1. The number of aryl methyl sites for hydroxylation is 1. The number of nitrogen functional groups attached to an aromatic ring is 1. The van der Waals surface area contributed by atoms with Gasteiger partial charge in [0, 0.05) is 24.5 Å². The maximum atomic E-state index is 11.9. The highest BCUT2D eigenvalue weighted by Gasteiger charge is 2.23. The Bertz CT molecular complexity index is 482. The molecule has 19 heavy (non-hydrogen) atoms. The largest absolute Gasteiger partial charge is 0.399 e. The first-order chi connectivity index (χ1) is 9.22. The molecule has 0 radical (unpaired) electrons. The molecule has 1 fully saturated rings. The summed E-state index contributed by atoms with van der Waals surface area (Å²) >= 11 is 0. The third-order valence-electron chi connectivity index (χ3n) is 3.94. The Morgan fingerprint density at radius 1 is 1.42 bits per heavy atom. The number of hydrogen-bond donors (Lipinski definition) is 2. The van der Waals surface area contributed by atoms with Crippen LogP contribution in [0.25, 0.3) is 0 Å². The van der Waals surface area contributed by atoms with Crippen LogP contribution in [0.15, 0.2) is 18.2 Å². The van der Waals surface area contributed by atoms with Gasteiger partial charge in [-0.3, -0.25) is 4.79 Å². The molecule has 1 saturated carbocycles. The molecule has 1 aliphatic carbocycles. The number of hydrogen-bond acceptors (Lipinski definition) is 3. The molecule has 4 heteroatoms. The number of nitrogens with one attached hydrogen (secondary N) is 1. The highest BCUT2D eigenvalue weighted by Crippen LogP contribution is 2.29. The molecule has 2 aliphatic rings. The molecule has 4 nitrogen and oxygen atoms in total. The average Bonchev–Trinajstić information content (AvgIpc) is 3.20. The van der Waals surface area contributed by atoms with Gasteiger partial charge in [-0.15, -0.1) is 0 Å². The Kier molecular flexibility index (Phi) is 3.32. The lowest BCUT2D eigenvalue weighted by molar-refractivity contribution is -0.119. The Morgan fingerprint density at radius 2 is 2.26 bits per heavy atom. The summed E-state index contributed by atoms with van der Waals surface area (Å²) in [5.74, 6) is 0.869.